The van der Waals surface area contributed by atoms with E-state index in [4.69, 9.17) is 15.1 Å². The molecule has 1 aliphatic rings. The third-order valence-electron chi connectivity index (χ3n) is 4.55. The third-order valence-corrected chi connectivity index (χ3v) is 5.33. The van der Waals surface area contributed by atoms with Crippen LogP contribution in [0, 0.1) is 6.92 Å². The number of rotatable bonds is 5. The maximum Gasteiger partial charge on any atom is 0.223 e. The van der Waals surface area contributed by atoms with E-state index in [1.807, 2.05) is 24.4 Å². The molecule has 0 aromatic carbocycles. The standard InChI is InChI=1S/C19H22N6O2S/c1-12-3-4-14(27-12)18-23-13(11-15(20)26)17(25-8-2-5-21-6-9-25)16(24-18)19-22-7-10-28-19/h3-4,7,10,21H,2,5-6,8-9,11H2,1H3,(H2,20,26). The number of hydrogen-bond acceptors (Lipinski definition) is 8. The Labute approximate surface area is 166 Å². The summed E-state index contributed by atoms with van der Waals surface area (Å²) in [5.74, 6) is 1.34. The SMILES string of the molecule is Cc1ccc(-c2nc(CC(N)=O)c(N3CCCNCC3)c(-c3nccs3)n2)o1. The molecule has 0 radical (unpaired) electrons. The molecule has 4 rings (SSSR count). The van der Waals surface area contributed by atoms with Crippen molar-refractivity contribution < 1.29 is 9.21 Å². The first-order valence-electron chi connectivity index (χ1n) is 9.23. The zero-order chi connectivity index (χ0) is 19.5. The van der Waals surface area contributed by atoms with Crippen LogP contribution in [0.4, 0.5) is 5.69 Å². The predicted molar refractivity (Wildman–Crippen MR) is 108 cm³/mol. The zero-order valence-corrected chi connectivity index (χ0v) is 16.5. The van der Waals surface area contributed by atoms with E-state index in [0.717, 1.165) is 49.1 Å². The summed E-state index contributed by atoms with van der Waals surface area (Å²) in [4.78, 5) is 28.0. The third kappa shape index (κ3) is 3.90. The molecule has 1 amide bonds. The van der Waals surface area contributed by atoms with E-state index >= 15 is 0 Å². The zero-order valence-electron chi connectivity index (χ0n) is 15.6. The highest BCUT2D eigenvalue weighted by Crippen LogP contribution is 2.35. The van der Waals surface area contributed by atoms with E-state index < -0.39 is 5.91 Å². The number of nitrogens with two attached hydrogens (primary N) is 1. The van der Waals surface area contributed by atoms with Crippen LogP contribution in [-0.2, 0) is 11.2 Å². The maximum absolute atomic E-state index is 11.8. The van der Waals surface area contributed by atoms with Crippen LogP contribution in [0.5, 0.6) is 0 Å². The lowest BCUT2D eigenvalue weighted by atomic mass is 10.1. The molecule has 8 nitrogen and oxygen atoms in total. The highest BCUT2D eigenvalue weighted by atomic mass is 32.1. The fourth-order valence-electron chi connectivity index (χ4n) is 3.35. The number of aryl methyl sites for hydroxylation is 1. The van der Waals surface area contributed by atoms with Crippen LogP contribution in [0.2, 0.25) is 0 Å². The van der Waals surface area contributed by atoms with Crippen LogP contribution in [0.15, 0.2) is 28.1 Å². The minimum atomic E-state index is -0.431. The average molecular weight is 398 g/mol. The molecule has 1 aliphatic heterocycles. The molecule has 3 aromatic rings. The Hall–Kier alpha value is -2.78. The second kappa shape index (κ2) is 8.07. The Bertz CT molecular complexity index is 961. The molecule has 0 atom stereocenters. The van der Waals surface area contributed by atoms with Gasteiger partial charge in [0.25, 0.3) is 0 Å². The summed E-state index contributed by atoms with van der Waals surface area (Å²) in [7, 11) is 0. The lowest BCUT2D eigenvalue weighted by molar-refractivity contribution is -0.117. The number of carbonyl (C=O) groups excluding carboxylic acids is 1. The summed E-state index contributed by atoms with van der Waals surface area (Å²) in [6, 6.07) is 3.70. The first kappa shape index (κ1) is 18.6. The molecule has 146 valence electrons. The molecule has 0 aliphatic carbocycles. The van der Waals surface area contributed by atoms with Gasteiger partial charge in [0, 0.05) is 31.2 Å². The van der Waals surface area contributed by atoms with Gasteiger partial charge in [0.1, 0.15) is 16.5 Å². The summed E-state index contributed by atoms with van der Waals surface area (Å²) in [6.45, 7) is 5.33. The van der Waals surface area contributed by atoms with Gasteiger partial charge in [-0.25, -0.2) is 15.0 Å². The second-order valence-electron chi connectivity index (χ2n) is 6.67. The van der Waals surface area contributed by atoms with Gasteiger partial charge >= 0.3 is 0 Å². The van der Waals surface area contributed by atoms with Crippen LogP contribution in [0.3, 0.4) is 0 Å². The van der Waals surface area contributed by atoms with Gasteiger partial charge in [-0.3, -0.25) is 4.79 Å². The minimum absolute atomic E-state index is 0.0346. The van der Waals surface area contributed by atoms with Crippen molar-refractivity contribution in [3.63, 3.8) is 0 Å². The molecule has 28 heavy (non-hydrogen) atoms. The van der Waals surface area contributed by atoms with Crippen LogP contribution in [0.1, 0.15) is 17.9 Å². The Balaban J connectivity index is 1.91. The Morgan fingerprint density at radius 3 is 2.93 bits per heavy atom. The van der Waals surface area contributed by atoms with Crippen molar-refractivity contribution in [1.29, 1.82) is 0 Å². The van der Waals surface area contributed by atoms with Crippen LogP contribution in [0.25, 0.3) is 22.3 Å². The monoisotopic (exact) mass is 398 g/mol. The Morgan fingerprint density at radius 1 is 1.32 bits per heavy atom. The first-order valence-corrected chi connectivity index (χ1v) is 10.1. The van der Waals surface area contributed by atoms with Crippen LogP contribution in [-0.4, -0.2) is 47.0 Å². The van der Waals surface area contributed by atoms with Crippen LogP contribution >= 0.6 is 11.3 Å². The number of amides is 1. The molecule has 3 aromatic heterocycles. The smallest absolute Gasteiger partial charge is 0.223 e. The van der Waals surface area contributed by atoms with E-state index in [2.05, 4.69) is 20.2 Å². The van der Waals surface area contributed by atoms with Crippen molar-refractivity contribution in [2.24, 2.45) is 5.73 Å². The van der Waals surface area contributed by atoms with Gasteiger partial charge in [-0.15, -0.1) is 11.3 Å². The van der Waals surface area contributed by atoms with Crippen molar-refractivity contribution in [2.75, 3.05) is 31.1 Å². The number of furan rings is 1. The predicted octanol–water partition coefficient (Wildman–Crippen LogP) is 2.00. The topological polar surface area (TPSA) is 110 Å². The number of primary amides is 1. The number of anilines is 1. The summed E-state index contributed by atoms with van der Waals surface area (Å²) in [6.07, 6.45) is 2.78. The van der Waals surface area contributed by atoms with Gasteiger partial charge in [-0.2, -0.15) is 0 Å². The van der Waals surface area contributed by atoms with Gasteiger partial charge in [-0.05, 0) is 32.0 Å². The number of hydrogen-bond donors (Lipinski definition) is 2. The molecule has 0 saturated carbocycles. The van der Waals surface area contributed by atoms with Gasteiger partial charge in [0.15, 0.2) is 11.6 Å². The number of nitrogens with one attached hydrogen (secondary N) is 1. The van der Waals surface area contributed by atoms with Crippen molar-refractivity contribution >= 4 is 22.9 Å². The summed E-state index contributed by atoms with van der Waals surface area (Å²) in [5, 5.41) is 6.09. The Morgan fingerprint density at radius 2 is 2.21 bits per heavy atom. The average Bonchev–Trinajstić information content (AvgIpc) is 3.27. The quantitative estimate of drug-likeness (QED) is 0.676. The summed E-state index contributed by atoms with van der Waals surface area (Å²) in [5.41, 5.74) is 7.71. The van der Waals surface area contributed by atoms with Gasteiger partial charge in [0.2, 0.25) is 5.91 Å². The molecular weight excluding hydrogens is 376 g/mol. The molecular formula is C19H22N6O2S. The minimum Gasteiger partial charge on any atom is -0.458 e. The van der Waals surface area contributed by atoms with Crippen LogP contribution < -0.4 is 16.0 Å². The van der Waals surface area contributed by atoms with Crippen molar-refractivity contribution in [1.82, 2.24) is 20.3 Å². The fourth-order valence-corrected chi connectivity index (χ4v) is 3.97. The molecule has 1 fully saturated rings. The molecule has 3 N–H and O–H groups in total. The normalized spacial score (nSPS) is 14.8. The van der Waals surface area contributed by atoms with E-state index in [9.17, 15) is 4.79 Å². The van der Waals surface area contributed by atoms with E-state index in [0.29, 0.717) is 23.0 Å². The lowest BCUT2D eigenvalue weighted by Crippen LogP contribution is -2.31. The van der Waals surface area contributed by atoms with E-state index in [1.54, 1.807) is 6.20 Å². The number of nitrogens with zero attached hydrogens (tertiary/aromatic N) is 4. The van der Waals surface area contributed by atoms with Crippen molar-refractivity contribution in [3.05, 3.63) is 35.2 Å². The number of carbonyl (C=O) groups is 1. The van der Waals surface area contributed by atoms with Gasteiger partial charge in [0.05, 0.1) is 17.8 Å². The first-order chi connectivity index (χ1) is 13.6. The summed E-state index contributed by atoms with van der Waals surface area (Å²) >= 11 is 1.51. The molecule has 0 unspecified atom stereocenters. The second-order valence-corrected chi connectivity index (χ2v) is 7.57. The molecule has 0 spiro atoms. The summed E-state index contributed by atoms with van der Waals surface area (Å²) < 4.78 is 5.73. The van der Waals surface area contributed by atoms with Crippen molar-refractivity contribution in [3.8, 4) is 22.3 Å². The Kier molecular flexibility index (Phi) is 5.36. The van der Waals surface area contributed by atoms with E-state index in [1.165, 1.54) is 11.3 Å². The highest BCUT2D eigenvalue weighted by Gasteiger charge is 2.25. The van der Waals surface area contributed by atoms with Crippen molar-refractivity contribution in [2.45, 2.75) is 19.8 Å². The number of aromatic nitrogens is 3. The largest absolute Gasteiger partial charge is 0.458 e. The highest BCUT2D eigenvalue weighted by molar-refractivity contribution is 7.13. The fraction of sp³-hybridized carbons (Fsp3) is 0.368. The van der Waals surface area contributed by atoms with Gasteiger partial charge in [-0.1, -0.05) is 0 Å². The maximum atomic E-state index is 11.8. The number of thiazole rings is 1. The lowest BCUT2D eigenvalue weighted by Gasteiger charge is -2.26. The van der Waals surface area contributed by atoms with E-state index in [-0.39, 0.29) is 6.42 Å². The molecule has 0 bridgehead atoms. The molecule has 1 saturated heterocycles. The van der Waals surface area contributed by atoms with Gasteiger partial charge < -0.3 is 20.4 Å². The molecule has 9 heteroatoms. The molecule has 4 heterocycles.